The smallest absolute Gasteiger partial charge is 0.334 e. The summed E-state index contributed by atoms with van der Waals surface area (Å²) in [5.41, 5.74) is -0.634. The Morgan fingerprint density at radius 3 is 2.81 bits per heavy atom. The molecule has 144 valence electrons. The van der Waals surface area contributed by atoms with E-state index in [-0.39, 0.29) is 11.7 Å². The number of rotatable bonds is 10. The van der Waals surface area contributed by atoms with E-state index in [2.05, 4.69) is 9.98 Å². The number of methoxy groups -OCH3 is 1. The standard InChI is InChI=1S/C17H24N2O6S/c1-4-24-16(21)17(2)11-26-15(19-17)14-13(20)9-12(10-18-14)25-8-7-23-6-5-22-3/h9-10,20H,4-8,11H2,1-3H3/t17-/m1/s1. The van der Waals surface area contributed by atoms with Gasteiger partial charge >= 0.3 is 5.97 Å². The van der Waals surface area contributed by atoms with Gasteiger partial charge in [-0.3, -0.25) is 4.99 Å². The number of thioether (sulfide) groups is 1. The Bertz CT molecular complexity index is 654. The summed E-state index contributed by atoms with van der Waals surface area (Å²) in [5.74, 6) is 0.440. The number of aliphatic imine (C=N–C) groups is 1. The first-order valence-electron chi connectivity index (χ1n) is 8.29. The predicted molar refractivity (Wildman–Crippen MR) is 98.1 cm³/mol. The first-order valence-corrected chi connectivity index (χ1v) is 9.27. The highest BCUT2D eigenvalue weighted by Gasteiger charge is 2.40. The van der Waals surface area contributed by atoms with Crippen molar-refractivity contribution in [2.24, 2.45) is 4.99 Å². The van der Waals surface area contributed by atoms with Crippen LogP contribution in [0, 0.1) is 0 Å². The van der Waals surface area contributed by atoms with Gasteiger partial charge in [-0.05, 0) is 13.8 Å². The molecule has 1 aromatic rings. The quantitative estimate of drug-likeness (QED) is 0.480. The summed E-state index contributed by atoms with van der Waals surface area (Å²) in [4.78, 5) is 20.7. The van der Waals surface area contributed by atoms with Gasteiger partial charge in [-0.15, -0.1) is 11.8 Å². The van der Waals surface area contributed by atoms with Crippen LogP contribution in [0.25, 0.3) is 0 Å². The third-order valence-electron chi connectivity index (χ3n) is 3.53. The van der Waals surface area contributed by atoms with E-state index in [1.807, 2.05) is 0 Å². The molecular formula is C17H24N2O6S. The zero-order valence-electron chi connectivity index (χ0n) is 15.2. The van der Waals surface area contributed by atoms with E-state index in [0.29, 0.717) is 55.3 Å². The number of ether oxygens (including phenoxy) is 4. The molecule has 0 spiro atoms. The Kier molecular flexibility index (Phi) is 7.67. The highest BCUT2D eigenvalue weighted by molar-refractivity contribution is 8.14. The van der Waals surface area contributed by atoms with Crippen LogP contribution in [0.4, 0.5) is 0 Å². The SMILES string of the molecule is CCOC(=O)[C@@]1(C)CSC(c2ncc(OCCOCCOC)cc2O)=N1. The molecule has 0 aromatic carbocycles. The van der Waals surface area contributed by atoms with Crippen LogP contribution in [0.1, 0.15) is 19.5 Å². The first-order chi connectivity index (χ1) is 12.5. The molecule has 26 heavy (non-hydrogen) atoms. The molecule has 1 aliphatic rings. The molecule has 0 saturated carbocycles. The van der Waals surface area contributed by atoms with Crippen molar-refractivity contribution in [2.45, 2.75) is 19.4 Å². The maximum absolute atomic E-state index is 12.0. The van der Waals surface area contributed by atoms with Crippen LogP contribution in [-0.4, -0.2) is 72.5 Å². The summed E-state index contributed by atoms with van der Waals surface area (Å²) in [7, 11) is 1.61. The maximum atomic E-state index is 12.0. The fraction of sp³-hybridized carbons (Fsp3) is 0.588. The lowest BCUT2D eigenvalue weighted by Gasteiger charge is -2.16. The monoisotopic (exact) mass is 384 g/mol. The number of nitrogens with zero attached hydrogens (tertiary/aromatic N) is 2. The summed E-state index contributed by atoms with van der Waals surface area (Å²) in [6.45, 7) is 5.54. The molecule has 1 N–H and O–H groups in total. The number of carbonyl (C=O) groups excluding carboxylic acids is 1. The molecule has 1 aliphatic heterocycles. The van der Waals surface area contributed by atoms with Crippen molar-refractivity contribution in [2.75, 3.05) is 45.9 Å². The number of aromatic nitrogens is 1. The molecule has 0 fully saturated rings. The molecule has 0 bridgehead atoms. The molecule has 1 atom stereocenters. The van der Waals surface area contributed by atoms with Gasteiger partial charge in [0.25, 0.3) is 0 Å². The predicted octanol–water partition coefficient (Wildman–Crippen LogP) is 1.64. The van der Waals surface area contributed by atoms with Gasteiger partial charge in [-0.2, -0.15) is 0 Å². The van der Waals surface area contributed by atoms with Gasteiger partial charge in [0.2, 0.25) is 0 Å². The summed E-state index contributed by atoms with van der Waals surface area (Å²) in [6, 6.07) is 1.47. The second kappa shape index (κ2) is 9.75. The minimum atomic E-state index is -0.959. The van der Waals surface area contributed by atoms with Crippen LogP contribution in [0.3, 0.4) is 0 Å². The Morgan fingerprint density at radius 1 is 1.35 bits per heavy atom. The van der Waals surface area contributed by atoms with Gasteiger partial charge < -0.3 is 24.1 Å². The van der Waals surface area contributed by atoms with Crippen molar-refractivity contribution in [1.82, 2.24) is 4.98 Å². The van der Waals surface area contributed by atoms with Gasteiger partial charge in [-0.1, -0.05) is 0 Å². The molecule has 1 aromatic heterocycles. The van der Waals surface area contributed by atoms with Crippen LogP contribution in [0.15, 0.2) is 17.3 Å². The average molecular weight is 384 g/mol. The molecule has 0 saturated heterocycles. The lowest BCUT2D eigenvalue weighted by Crippen LogP contribution is -2.35. The number of esters is 1. The minimum Gasteiger partial charge on any atom is -0.505 e. The molecule has 2 rings (SSSR count). The van der Waals surface area contributed by atoms with E-state index in [9.17, 15) is 9.90 Å². The molecule has 9 heteroatoms. The van der Waals surface area contributed by atoms with Crippen molar-refractivity contribution in [3.63, 3.8) is 0 Å². The van der Waals surface area contributed by atoms with Crippen LogP contribution in [0.5, 0.6) is 11.5 Å². The van der Waals surface area contributed by atoms with Crippen molar-refractivity contribution in [1.29, 1.82) is 0 Å². The van der Waals surface area contributed by atoms with Crippen LogP contribution in [0.2, 0.25) is 0 Å². The van der Waals surface area contributed by atoms with E-state index >= 15 is 0 Å². The molecule has 0 amide bonds. The molecule has 0 radical (unpaired) electrons. The number of carbonyl (C=O) groups is 1. The van der Waals surface area contributed by atoms with Crippen molar-refractivity contribution >= 4 is 22.8 Å². The van der Waals surface area contributed by atoms with Gasteiger partial charge in [0.05, 0.1) is 32.6 Å². The fourth-order valence-electron chi connectivity index (χ4n) is 2.15. The van der Waals surface area contributed by atoms with E-state index in [1.54, 1.807) is 21.0 Å². The fourth-order valence-corrected chi connectivity index (χ4v) is 3.31. The van der Waals surface area contributed by atoms with E-state index in [1.165, 1.54) is 24.0 Å². The normalized spacial score (nSPS) is 19.3. The Labute approximate surface area is 156 Å². The molecular weight excluding hydrogens is 360 g/mol. The molecule has 8 nitrogen and oxygen atoms in total. The van der Waals surface area contributed by atoms with E-state index in [4.69, 9.17) is 18.9 Å². The summed E-state index contributed by atoms with van der Waals surface area (Å²) >= 11 is 1.36. The Morgan fingerprint density at radius 2 is 2.12 bits per heavy atom. The maximum Gasteiger partial charge on any atom is 0.334 e. The van der Waals surface area contributed by atoms with Gasteiger partial charge in [0, 0.05) is 18.9 Å². The number of hydrogen-bond donors (Lipinski definition) is 1. The third kappa shape index (κ3) is 5.33. The largest absolute Gasteiger partial charge is 0.505 e. The summed E-state index contributed by atoms with van der Waals surface area (Å²) < 4.78 is 20.7. The zero-order valence-corrected chi connectivity index (χ0v) is 16.0. The van der Waals surface area contributed by atoms with E-state index in [0.717, 1.165) is 0 Å². The highest BCUT2D eigenvalue weighted by atomic mass is 32.2. The van der Waals surface area contributed by atoms with Gasteiger partial charge in [0.1, 0.15) is 28.8 Å². The number of hydrogen-bond acceptors (Lipinski definition) is 9. The van der Waals surface area contributed by atoms with Crippen molar-refractivity contribution in [3.05, 3.63) is 18.0 Å². The Balaban J connectivity index is 1.96. The van der Waals surface area contributed by atoms with Crippen LogP contribution in [-0.2, 0) is 19.0 Å². The van der Waals surface area contributed by atoms with Crippen molar-refractivity contribution < 1.29 is 28.8 Å². The first kappa shape index (κ1) is 20.5. The molecule has 0 unspecified atom stereocenters. The number of pyridine rings is 1. The zero-order chi connectivity index (χ0) is 19.0. The lowest BCUT2D eigenvalue weighted by atomic mass is 10.1. The van der Waals surface area contributed by atoms with Gasteiger partial charge in [-0.25, -0.2) is 9.78 Å². The highest BCUT2D eigenvalue weighted by Crippen LogP contribution is 2.34. The number of aromatic hydroxyl groups is 1. The molecule has 0 aliphatic carbocycles. The average Bonchev–Trinajstić information content (AvgIpc) is 3.02. The second-order valence-corrected chi connectivity index (χ2v) is 6.66. The summed E-state index contributed by atoms with van der Waals surface area (Å²) in [5, 5.41) is 10.7. The topological polar surface area (TPSA) is 99.5 Å². The van der Waals surface area contributed by atoms with Crippen LogP contribution >= 0.6 is 11.8 Å². The van der Waals surface area contributed by atoms with Gasteiger partial charge in [0.15, 0.2) is 5.54 Å². The third-order valence-corrected chi connectivity index (χ3v) is 4.79. The van der Waals surface area contributed by atoms with Crippen molar-refractivity contribution in [3.8, 4) is 11.5 Å². The van der Waals surface area contributed by atoms with E-state index < -0.39 is 5.54 Å². The lowest BCUT2D eigenvalue weighted by molar-refractivity contribution is -0.147. The van der Waals surface area contributed by atoms with Crippen LogP contribution < -0.4 is 4.74 Å². The summed E-state index contributed by atoms with van der Waals surface area (Å²) in [6.07, 6.45) is 1.51. The Hall–Kier alpha value is -1.84. The minimum absolute atomic E-state index is 0.0536. The second-order valence-electron chi connectivity index (χ2n) is 5.69. The molecule has 2 heterocycles.